The Morgan fingerprint density at radius 3 is 2.85 bits per heavy atom. The average molecular weight is 408 g/mol. The topological polar surface area (TPSA) is 67.2 Å². The summed E-state index contributed by atoms with van der Waals surface area (Å²) >= 11 is 0. The number of carbonyl (C=O) groups excluding carboxylic acids is 1. The standard InChI is InChI=1S/C17H19F2N3O2.2ClH/c18-11-3-4-13(14(19)8-11)15-10-21-17(24-15)6-5-16(23)22-12-2-1-7-20-9-12;;/h3-4,8,10,12,20H,1-2,5-7,9H2,(H,22,23);2*1H. The molecule has 1 saturated heterocycles. The monoisotopic (exact) mass is 407 g/mol. The molecule has 0 aliphatic carbocycles. The molecular weight excluding hydrogens is 387 g/mol. The van der Waals surface area contributed by atoms with Gasteiger partial charge < -0.3 is 15.1 Å². The fourth-order valence-corrected chi connectivity index (χ4v) is 2.73. The summed E-state index contributed by atoms with van der Waals surface area (Å²) in [5.41, 5.74) is 0.146. The quantitative estimate of drug-likeness (QED) is 0.797. The lowest BCUT2D eigenvalue weighted by molar-refractivity contribution is -0.121. The number of nitrogens with one attached hydrogen (secondary N) is 2. The molecule has 0 radical (unpaired) electrons. The maximum atomic E-state index is 13.7. The van der Waals surface area contributed by atoms with Crippen LogP contribution in [0.25, 0.3) is 11.3 Å². The van der Waals surface area contributed by atoms with E-state index in [0.29, 0.717) is 12.3 Å². The number of piperidine rings is 1. The van der Waals surface area contributed by atoms with Crippen molar-refractivity contribution in [2.75, 3.05) is 13.1 Å². The van der Waals surface area contributed by atoms with E-state index in [1.165, 1.54) is 12.3 Å². The molecule has 2 aromatic rings. The zero-order chi connectivity index (χ0) is 16.9. The van der Waals surface area contributed by atoms with Crippen LogP contribution in [0.1, 0.15) is 25.2 Å². The van der Waals surface area contributed by atoms with Crippen LogP contribution in [-0.2, 0) is 11.2 Å². The van der Waals surface area contributed by atoms with E-state index in [1.54, 1.807) is 0 Å². The van der Waals surface area contributed by atoms with E-state index in [0.717, 1.165) is 38.1 Å². The second kappa shape index (κ2) is 10.4. The molecule has 5 nitrogen and oxygen atoms in total. The van der Waals surface area contributed by atoms with Crippen LogP contribution in [0.15, 0.2) is 28.8 Å². The number of aromatic nitrogens is 1. The van der Waals surface area contributed by atoms with Gasteiger partial charge in [-0.3, -0.25) is 4.79 Å². The summed E-state index contributed by atoms with van der Waals surface area (Å²) in [5.74, 6) is -0.841. The predicted molar refractivity (Wildman–Crippen MR) is 98.7 cm³/mol. The summed E-state index contributed by atoms with van der Waals surface area (Å²) < 4.78 is 32.1. The molecule has 1 fully saturated rings. The minimum Gasteiger partial charge on any atom is -0.441 e. The van der Waals surface area contributed by atoms with Crippen LogP contribution in [0.3, 0.4) is 0 Å². The van der Waals surface area contributed by atoms with Crippen LogP contribution in [-0.4, -0.2) is 30.0 Å². The molecule has 26 heavy (non-hydrogen) atoms. The number of carbonyl (C=O) groups is 1. The van der Waals surface area contributed by atoms with Crippen molar-refractivity contribution in [2.24, 2.45) is 0 Å². The molecule has 1 aromatic heterocycles. The Labute approximate surface area is 162 Å². The minimum atomic E-state index is -0.708. The van der Waals surface area contributed by atoms with Crippen LogP contribution in [0.2, 0.25) is 0 Å². The lowest BCUT2D eigenvalue weighted by Gasteiger charge is -2.23. The molecule has 1 aromatic carbocycles. The summed E-state index contributed by atoms with van der Waals surface area (Å²) in [7, 11) is 0. The van der Waals surface area contributed by atoms with Crippen molar-refractivity contribution in [3.8, 4) is 11.3 Å². The van der Waals surface area contributed by atoms with Crippen molar-refractivity contribution in [1.82, 2.24) is 15.6 Å². The molecular formula is C17H21Cl2F2N3O2. The Kier molecular flexibility index (Phi) is 8.98. The van der Waals surface area contributed by atoms with Gasteiger partial charge in [0.1, 0.15) is 11.6 Å². The molecule has 9 heteroatoms. The van der Waals surface area contributed by atoms with E-state index in [4.69, 9.17) is 4.42 Å². The van der Waals surface area contributed by atoms with E-state index < -0.39 is 11.6 Å². The van der Waals surface area contributed by atoms with Gasteiger partial charge in [0.2, 0.25) is 5.91 Å². The zero-order valence-corrected chi connectivity index (χ0v) is 15.6. The fourth-order valence-electron chi connectivity index (χ4n) is 2.73. The number of nitrogens with zero attached hydrogens (tertiary/aromatic N) is 1. The Bertz CT molecular complexity index is 722. The summed E-state index contributed by atoms with van der Waals surface area (Å²) in [6.45, 7) is 1.78. The first kappa shape index (κ1) is 22.3. The minimum absolute atomic E-state index is 0. The molecule has 1 aliphatic heterocycles. The highest BCUT2D eigenvalue weighted by Crippen LogP contribution is 2.24. The van der Waals surface area contributed by atoms with Gasteiger partial charge in [-0.2, -0.15) is 0 Å². The highest BCUT2D eigenvalue weighted by Gasteiger charge is 2.16. The van der Waals surface area contributed by atoms with Crippen molar-refractivity contribution in [3.05, 3.63) is 41.9 Å². The van der Waals surface area contributed by atoms with E-state index in [-0.39, 0.29) is 54.5 Å². The van der Waals surface area contributed by atoms with Gasteiger partial charge in [0.05, 0.1) is 11.8 Å². The van der Waals surface area contributed by atoms with Gasteiger partial charge in [-0.05, 0) is 31.5 Å². The summed E-state index contributed by atoms with van der Waals surface area (Å²) in [5, 5.41) is 6.21. The van der Waals surface area contributed by atoms with E-state index >= 15 is 0 Å². The third-order valence-electron chi connectivity index (χ3n) is 3.98. The number of halogens is 4. The molecule has 1 unspecified atom stereocenters. The van der Waals surface area contributed by atoms with E-state index in [2.05, 4.69) is 15.6 Å². The van der Waals surface area contributed by atoms with Crippen LogP contribution in [0, 0.1) is 11.6 Å². The maximum Gasteiger partial charge on any atom is 0.220 e. The first-order chi connectivity index (χ1) is 11.6. The number of aryl methyl sites for hydroxylation is 1. The third-order valence-corrected chi connectivity index (χ3v) is 3.98. The van der Waals surface area contributed by atoms with Gasteiger partial charge in [0.15, 0.2) is 11.7 Å². The second-order valence-electron chi connectivity index (χ2n) is 5.85. The smallest absolute Gasteiger partial charge is 0.220 e. The molecule has 1 atom stereocenters. The molecule has 0 bridgehead atoms. The van der Waals surface area contributed by atoms with E-state index in [9.17, 15) is 13.6 Å². The fraction of sp³-hybridized carbons (Fsp3) is 0.412. The third kappa shape index (κ3) is 5.93. The molecule has 1 amide bonds. The SMILES string of the molecule is Cl.Cl.O=C(CCc1ncc(-c2ccc(F)cc2F)o1)NC1CCCNC1. The molecule has 3 rings (SSSR count). The maximum absolute atomic E-state index is 13.7. The number of benzene rings is 1. The molecule has 0 spiro atoms. The number of hydrogen-bond donors (Lipinski definition) is 2. The zero-order valence-electron chi connectivity index (χ0n) is 14.0. The largest absolute Gasteiger partial charge is 0.441 e. The highest BCUT2D eigenvalue weighted by atomic mass is 35.5. The Balaban J connectivity index is 0.00000169. The molecule has 2 N–H and O–H groups in total. The molecule has 144 valence electrons. The number of hydrogen-bond acceptors (Lipinski definition) is 4. The van der Waals surface area contributed by atoms with Crippen molar-refractivity contribution < 1.29 is 18.0 Å². The van der Waals surface area contributed by atoms with Crippen LogP contribution >= 0.6 is 24.8 Å². The lowest BCUT2D eigenvalue weighted by atomic mass is 10.1. The Morgan fingerprint density at radius 2 is 2.15 bits per heavy atom. The van der Waals surface area contributed by atoms with Gasteiger partial charge in [0.25, 0.3) is 0 Å². The number of oxazole rings is 1. The van der Waals surface area contributed by atoms with Crippen molar-refractivity contribution >= 4 is 30.7 Å². The van der Waals surface area contributed by atoms with Gasteiger partial charge in [0, 0.05) is 31.5 Å². The van der Waals surface area contributed by atoms with Gasteiger partial charge in [-0.1, -0.05) is 0 Å². The molecule has 2 heterocycles. The Hall–Kier alpha value is -1.70. The van der Waals surface area contributed by atoms with Gasteiger partial charge in [-0.25, -0.2) is 13.8 Å². The van der Waals surface area contributed by atoms with Gasteiger partial charge >= 0.3 is 0 Å². The summed E-state index contributed by atoms with van der Waals surface area (Å²) in [6.07, 6.45) is 3.99. The molecule has 1 aliphatic rings. The van der Waals surface area contributed by atoms with Crippen molar-refractivity contribution in [2.45, 2.75) is 31.7 Å². The highest BCUT2D eigenvalue weighted by molar-refractivity contribution is 5.85. The first-order valence-corrected chi connectivity index (χ1v) is 8.02. The van der Waals surface area contributed by atoms with E-state index in [1.807, 2.05) is 0 Å². The van der Waals surface area contributed by atoms with Crippen LogP contribution < -0.4 is 10.6 Å². The van der Waals surface area contributed by atoms with Crippen LogP contribution in [0.4, 0.5) is 8.78 Å². The second-order valence-corrected chi connectivity index (χ2v) is 5.85. The Morgan fingerprint density at radius 1 is 1.35 bits per heavy atom. The molecule has 0 saturated carbocycles. The summed E-state index contributed by atoms with van der Waals surface area (Å²) in [6, 6.07) is 3.42. The van der Waals surface area contributed by atoms with Crippen molar-refractivity contribution in [1.29, 1.82) is 0 Å². The first-order valence-electron chi connectivity index (χ1n) is 8.02. The predicted octanol–water partition coefficient (Wildman–Crippen LogP) is 3.26. The lowest BCUT2D eigenvalue weighted by Crippen LogP contribution is -2.45. The average Bonchev–Trinajstić information content (AvgIpc) is 3.02. The number of rotatable bonds is 5. The normalized spacial score (nSPS) is 16.3. The summed E-state index contributed by atoms with van der Waals surface area (Å²) in [4.78, 5) is 16.0. The van der Waals surface area contributed by atoms with Gasteiger partial charge in [-0.15, -0.1) is 24.8 Å². The van der Waals surface area contributed by atoms with Crippen molar-refractivity contribution in [3.63, 3.8) is 0 Å². The number of amides is 1. The van der Waals surface area contributed by atoms with Crippen LogP contribution in [0.5, 0.6) is 0 Å².